The molecule has 2 heteroatoms. The van der Waals surface area contributed by atoms with Gasteiger partial charge in [0, 0.05) is 18.4 Å². The summed E-state index contributed by atoms with van der Waals surface area (Å²) in [5, 5.41) is 0. The Balaban J connectivity index is 1.90. The average Bonchev–Trinajstić information content (AvgIpc) is 2.91. The van der Waals surface area contributed by atoms with Gasteiger partial charge in [-0.3, -0.25) is 4.90 Å². The molecule has 1 saturated heterocycles. The van der Waals surface area contributed by atoms with Crippen molar-refractivity contribution in [2.45, 2.75) is 38.3 Å². The standard InChI is InChI=1S/C12H21NO/c1-3-10-7-9-8-11(9)12(10)13(2)5-4-6-14-12/h9-11H,3-8H2,1-2H3/t9-,10-,11+,12+/m1/s1. The predicted molar refractivity (Wildman–Crippen MR) is 55.9 cm³/mol. The van der Waals surface area contributed by atoms with Crippen LogP contribution in [-0.4, -0.2) is 30.8 Å². The highest BCUT2D eigenvalue weighted by Gasteiger charge is 2.65. The SMILES string of the molecule is CC[C@@H]1C[C@@H]2C[C@@H]2[C@@]12OCCCN2C. The summed E-state index contributed by atoms with van der Waals surface area (Å²) in [7, 11) is 2.27. The first-order chi connectivity index (χ1) is 6.79. The fraction of sp³-hybridized carbons (Fsp3) is 1.00. The lowest BCUT2D eigenvalue weighted by molar-refractivity contribution is -0.211. The van der Waals surface area contributed by atoms with Gasteiger partial charge in [-0.15, -0.1) is 0 Å². The third-order valence-corrected chi connectivity index (χ3v) is 4.69. The quantitative estimate of drug-likeness (QED) is 0.635. The lowest BCUT2D eigenvalue weighted by atomic mass is 9.89. The van der Waals surface area contributed by atoms with Gasteiger partial charge < -0.3 is 4.74 Å². The molecule has 80 valence electrons. The maximum absolute atomic E-state index is 6.22. The van der Waals surface area contributed by atoms with Gasteiger partial charge in [-0.05, 0) is 38.6 Å². The molecule has 3 aliphatic rings. The van der Waals surface area contributed by atoms with Crippen molar-refractivity contribution in [1.82, 2.24) is 4.90 Å². The van der Waals surface area contributed by atoms with E-state index in [1.54, 1.807) is 0 Å². The van der Waals surface area contributed by atoms with Crippen molar-refractivity contribution in [1.29, 1.82) is 0 Å². The molecule has 2 aliphatic carbocycles. The van der Waals surface area contributed by atoms with E-state index in [0.717, 1.165) is 24.4 Å². The van der Waals surface area contributed by atoms with Crippen LogP contribution >= 0.6 is 0 Å². The molecule has 2 saturated carbocycles. The monoisotopic (exact) mass is 195 g/mol. The van der Waals surface area contributed by atoms with Gasteiger partial charge in [-0.1, -0.05) is 6.92 Å². The zero-order valence-electron chi connectivity index (χ0n) is 9.33. The molecule has 1 heterocycles. The molecule has 1 aliphatic heterocycles. The minimum Gasteiger partial charge on any atom is -0.360 e. The van der Waals surface area contributed by atoms with Crippen LogP contribution in [0.15, 0.2) is 0 Å². The summed E-state index contributed by atoms with van der Waals surface area (Å²) in [6, 6.07) is 0. The number of nitrogens with zero attached hydrogens (tertiary/aromatic N) is 1. The molecule has 4 atom stereocenters. The average molecular weight is 195 g/mol. The van der Waals surface area contributed by atoms with E-state index in [-0.39, 0.29) is 5.72 Å². The van der Waals surface area contributed by atoms with Crippen LogP contribution in [-0.2, 0) is 4.74 Å². The molecule has 0 radical (unpaired) electrons. The summed E-state index contributed by atoms with van der Waals surface area (Å²) in [4.78, 5) is 2.52. The summed E-state index contributed by atoms with van der Waals surface area (Å²) in [5.74, 6) is 2.68. The fourth-order valence-electron chi connectivity index (χ4n) is 3.95. The summed E-state index contributed by atoms with van der Waals surface area (Å²) in [6.45, 7) is 4.55. The van der Waals surface area contributed by atoms with Crippen molar-refractivity contribution >= 4 is 0 Å². The molecule has 0 bridgehead atoms. The van der Waals surface area contributed by atoms with Gasteiger partial charge in [0.2, 0.25) is 0 Å². The van der Waals surface area contributed by atoms with Crippen LogP contribution in [0.25, 0.3) is 0 Å². The smallest absolute Gasteiger partial charge is 0.127 e. The molecule has 3 fully saturated rings. The minimum atomic E-state index is 0.164. The van der Waals surface area contributed by atoms with Crippen LogP contribution in [0.3, 0.4) is 0 Å². The molecule has 0 amide bonds. The van der Waals surface area contributed by atoms with Crippen molar-refractivity contribution in [2.75, 3.05) is 20.2 Å². The van der Waals surface area contributed by atoms with Gasteiger partial charge in [0.25, 0.3) is 0 Å². The van der Waals surface area contributed by atoms with Crippen LogP contribution in [0.5, 0.6) is 0 Å². The van der Waals surface area contributed by atoms with E-state index < -0.39 is 0 Å². The van der Waals surface area contributed by atoms with E-state index in [2.05, 4.69) is 18.9 Å². The van der Waals surface area contributed by atoms with E-state index in [0.29, 0.717) is 0 Å². The highest BCUT2D eigenvalue weighted by molar-refractivity contribution is 5.12. The molecule has 1 spiro atoms. The van der Waals surface area contributed by atoms with Crippen molar-refractivity contribution in [2.24, 2.45) is 17.8 Å². The van der Waals surface area contributed by atoms with Gasteiger partial charge >= 0.3 is 0 Å². The normalized spacial score (nSPS) is 52.3. The second-order valence-electron chi connectivity index (χ2n) is 5.32. The van der Waals surface area contributed by atoms with Gasteiger partial charge in [0.05, 0.1) is 6.61 Å². The second kappa shape index (κ2) is 2.96. The van der Waals surface area contributed by atoms with E-state index >= 15 is 0 Å². The molecular formula is C12H21NO. The van der Waals surface area contributed by atoms with Gasteiger partial charge in [0.1, 0.15) is 5.72 Å². The maximum Gasteiger partial charge on any atom is 0.127 e. The lowest BCUT2D eigenvalue weighted by Gasteiger charge is -2.48. The van der Waals surface area contributed by atoms with E-state index in [1.165, 1.54) is 32.2 Å². The topological polar surface area (TPSA) is 12.5 Å². The third-order valence-electron chi connectivity index (χ3n) is 4.69. The highest BCUT2D eigenvalue weighted by Crippen LogP contribution is 2.63. The predicted octanol–water partition coefficient (Wildman–Crippen LogP) is 2.10. The van der Waals surface area contributed by atoms with Gasteiger partial charge in [-0.2, -0.15) is 0 Å². The summed E-state index contributed by atoms with van der Waals surface area (Å²) < 4.78 is 6.22. The molecule has 0 aromatic carbocycles. The van der Waals surface area contributed by atoms with E-state index in [4.69, 9.17) is 4.74 Å². The van der Waals surface area contributed by atoms with E-state index in [9.17, 15) is 0 Å². The maximum atomic E-state index is 6.22. The van der Waals surface area contributed by atoms with Crippen LogP contribution < -0.4 is 0 Å². The van der Waals surface area contributed by atoms with Crippen LogP contribution in [0, 0.1) is 17.8 Å². The third kappa shape index (κ3) is 0.989. The number of hydrogen-bond donors (Lipinski definition) is 0. The minimum absolute atomic E-state index is 0.164. The Labute approximate surface area is 86.6 Å². The van der Waals surface area contributed by atoms with Crippen molar-refractivity contribution in [3.05, 3.63) is 0 Å². The first kappa shape index (κ1) is 9.17. The number of ether oxygens (including phenoxy) is 1. The lowest BCUT2D eigenvalue weighted by Crippen LogP contribution is -2.57. The highest BCUT2D eigenvalue weighted by atomic mass is 16.5. The first-order valence-corrected chi connectivity index (χ1v) is 6.14. The van der Waals surface area contributed by atoms with Crippen LogP contribution in [0.1, 0.15) is 32.6 Å². The molecule has 0 aromatic heterocycles. The zero-order valence-corrected chi connectivity index (χ0v) is 9.33. The van der Waals surface area contributed by atoms with E-state index in [1.807, 2.05) is 0 Å². The zero-order chi connectivity index (χ0) is 9.76. The number of hydrogen-bond acceptors (Lipinski definition) is 2. The molecule has 0 aromatic rings. The molecule has 0 unspecified atom stereocenters. The van der Waals surface area contributed by atoms with Crippen molar-refractivity contribution in [3.8, 4) is 0 Å². The summed E-state index contributed by atoms with van der Waals surface area (Å²) in [5.41, 5.74) is 0.164. The summed E-state index contributed by atoms with van der Waals surface area (Å²) >= 11 is 0. The summed E-state index contributed by atoms with van der Waals surface area (Å²) in [6.07, 6.45) is 5.36. The van der Waals surface area contributed by atoms with Crippen molar-refractivity contribution in [3.63, 3.8) is 0 Å². The Morgan fingerprint density at radius 3 is 3.00 bits per heavy atom. The first-order valence-electron chi connectivity index (χ1n) is 6.14. The van der Waals surface area contributed by atoms with Crippen LogP contribution in [0.2, 0.25) is 0 Å². The Morgan fingerprint density at radius 2 is 2.29 bits per heavy atom. The Morgan fingerprint density at radius 1 is 1.43 bits per heavy atom. The van der Waals surface area contributed by atoms with Crippen molar-refractivity contribution < 1.29 is 4.74 Å². The Hall–Kier alpha value is -0.0800. The number of rotatable bonds is 1. The van der Waals surface area contributed by atoms with Crippen LogP contribution in [0.4, 0.5) is 0 Å². The van der Waals surface area contributed by atoms with Gasteiger partial charge in [-0.25, -0.2) is 0 Å². The molecular weight excluding hydrogens is 174 g/mol. The molecule has 2 nitrogen and oxygen atoms in total. The Bertz CT molecular complexity index is 242. The Kier molecular flexibility index (Phi) is 1.94. The molecule has 14 heavy (non-hydrogen) atoms. The fourth-order valence-corrected chi connectivity index (χ4v) is 3.95. The molecule has 0 N–H and O–H groups in total. The molecule has 3 rings (SSSR count). The van der Waals surface area contributed by atoms with Gasteiger partial charge in [0.15, 0.2) is 0 Å². The second-order valence-corrected chi connectivity index (χ2v) is 5.32. The number of fused-ring (bicyclic) bond motifs is 2. The largest absolute Gasteiger partial charge is 0.360 e.